The number of ether oxygens (including phenoxy) is 3. The largest absolute Gasteiger partial charge is 0.493 e. The Morgan fingerprint density at radius 3 is 2.39 bits per heavy atom. The summed E-state index contributed by atoms with van der Waals surface area (Å²) < 4.78 is 17.0. The van der Waals surface area contributed by atoms with Gasteiger partial charge in [-0.05, 0) is 41.7 Å². The van der Waals surface area contributed by atoms with Crippen LogP contribution in [0.3, 0.4) is 0 Å². The molecule has 1 aliphatic heterocycles. The maximum atomic E-state index is 13.5. The molecule has 0 unspecified atom stereocenters. The number of amides is 2. The second-order valence-electron chi connectivity index (χ2n) is 7.50. The second-order valence-corrected chi connectivity index (χ2v) is 10.9. The Morgan fingerprint density at radius 1 is 1.05 bits per heavy atom. The van der Waals surface area contributed by atoms with Crippen LogP contribution in [0.1, 0.15) is 12.5 Å². The van der Waals surface area contributed by atoms with Crippen LogP contribution in [0, 0.1) is 0 Å². The van der Waals surface area contributed by atoms with Crippen molar-refractivity contribution in [2.75, 3.05) is 43.1 Å². The van der Waals surface area contributed by atoms with Crippen LogP contribution in [0.4, 0.5) is 10.8 Å². The number of nitrogens with one attached hydrogen (secondary N) is 1. The number of para-hydroxylation sites is 1. The average molecular weight is 572 g/mol. The number of anilines is 2. The number of rotatable bonds is 10. The van der Waals surface area contributed by atoms with Crippen molar-refractivity contribution in [3.05, 3.63) is 53.7 Å². The summed E-state index contributed by atoms with van der Waals surface area (Å²) in [4.78, 5) is 32.2. The van der Waals surface area contributed by atoms with E-state index in [-0.39, 0.29) is 23.3 Å². The highest BCUT2D eigenvalue weighted by atomic mass is 32.2. The first kappa shape index (κ1) is 27.5. The van der Waals surface area contributed by atoms with Crippen molar-refractivity contribution < 1.29 is 23.8 Å². The number of amidine groups is 1. The number of carbonyl (C=O) groups is 2. The highest BCUT2D eigenvalue weighted by Gasteiger charge is 2.32. The maximum absolute atomic E-state index is 13.5. The molecule has 0 radical (unpaired) electrons. The van der Waals surface area contributed by atoms with Gasteiger partial charge in [-0.2, -0.15) is 0 Å². The van der Waals surface area contributed by atoms with E-state index in [0.29, 0.717) is 38.8 Å². The topological polar surface area (TPSA) is 115 Å². The molecule has 0 aliphatic carbocycles. The van der Waals surface area contributed by atoms with E-state index in [2.05, 4.69) is 20.5 Å². The normalized spacial score (nSPS) is 14.0. The van der Waals surface area contributed by atoms with Gasteiger partial charge in [0.1, 0.15) is 5.70 Å². The predicted octanol–water partition coefficient (Wildman–Crippen LogP) is 4.79. The lowest BCUT2D eigenvalue weighted by molar-refractivity contribution is -0.114. The molecule has 0 saturated heterocycles. The second kappa shape index (κ2) is 12.8. The molecule has 1 N–H and O–H groups in total. The van der Waals surface area contributed by atoms with Crippen molar-refractivity contribution >= 4 is 68.7 Å². The number of thioether (sulfide) groups is 2. The lowest BCUT2D eigenvalue weighted by Crippen LogP contribution is -2.31. The third-order valence-electron chi connectivity index (χ3n) is 5.09. The van der Waals surface area contributed by atoms with Gasteiger partial charge in [-0.1, -0.05) is 60.0 Å². The zero-order valence-electron chi connectivity index (χ0n) is 21.1. The van der Waals surface area contributed by atoms with Gasteiger partial charge in [-0.25, -0.2) is 4.99 Å². The molecule has 3 aromatic rings. The van der Waals surface area contributed by atoms with E-state index < -0.39 is 0 Å². The van der Waals surface area contributed by atoms with Crippen molar-refractivity contribution in [2.45, 2.75) is 11.3 Å². The van der Waals surface area contributed by atoms with Crippen LogP contribution in [0.25, 0.3) is 6.08 Å². The van der Waals surface area contributed by atoms with Crippen molar-refractivity contribution in [3.8, 4) is 17.2 Å². The zero-order chi connectivity index (χ0) is 27.1. The molecule has 0 bridgehead atoms. The number of hydrogen-bond acceptors (Lipinski definition) is 11. The molecule has 198 valence electrons. The van der Waals surface area contributed by atoms with Crippen LogP contribution >= 0.6 is 34.9 Å². The molecule has 13 heteroatoms. The molecule has 2 aromatic carbocycles. The van der Waals surface area contributed by atoms with Crippen molar-refractivity contribution in [3.63, 3.8) is 0 Å². The third-order valence-corrected chi connectivity index (χ3v) is 7.88. The molecule has 4 rings (SSSR count). The Labute approximate surface area is 232 Å². The number of hydrogen-bond donors (Lipinski definition) is 1. The summed E-state index contributed by atoms with van der Waals surface area (Å²) in [6.07, 6.45) is 1.64. The number of methoxy groups -OCH3 is 3. The minimum absolute atomic E-state index is 0.0305. The first-order valence-electron chi connectivity index (χ1n) is 11.4. The monoisotopic (exact) mass is 571 g/mol. The van der Waals surface area contributed by atoms with Crippen LogP contribution < -0.4 is 24.4 Å². The van der Waals surface area contributed by atoms with Gasteiger partial charge in [-0.3, -0.25) is 19.8 Å². The van der Waals surface area contributed by atoms with Crippen LogP contribution in [0.5, 0.6) is 17.2 Å². The molecule has 0 spiro atoms. The van der Waals surface area contributed by atoms with Crippen LogP contribution in [-0.4, -0.2) is 60.0 Å². The van der Waals surface area contributed by atoms with Gasteiger partial charge >= 0.3 is 0 Å². The van der Waals surface area contributed by atoms with Gasteiger partial charge in [0.15, 0.2) is 21.0 Å². The molecule has 0 atom stereocenters. The van der Waals surface area contributed by atoms with Gasteiger partial charge in [0, 0.05) is 0 Å². The summed E-state index contributed by atoms with van der Waals surface area (Å²) in [6.45, 7) is 2.02. The molecular weight excluding hydrogens is 547 g/mol. The lowest BCUT2D eigenvalue weighted by Gasteiger charge is -2.17. The highest BCUT2D eigenvalue weighted by molar-refractivity contribution is 8.14. The van der Waals surface area contributed by atoms with Crippen molar-refractivity contribution in [1.82, 2.24) is 10.2 Å². The first-order valence-corrected chi connectivity index (χ1v) is 14.1. The molecule has 1 aliphatic rings. The van der Waals surface area contributed by atoms with Gasteiger partial charge in [0.05, 0.1) is 32.8 Å². The fourth-order valence-electron chi connectivity index (χ4n) is 3.47. The Hall–Kier alpha value is -3.55. The molecule has 10 nitrogen and oxygen atoms in total. The van der Waals surface area contributed by atoms with E-state index in [1.54, 1.807) is 30.0 Å². The molecule has 1 aromatic heterocycles. The average Bonchev–Trinajstić information content (AvgIpc) is 3.50. The minimum Gasteiger partial charge on any atom is -0.493 e. The molecule has 0 fully saturated rings. The summed E-state index contributed by atoms with van der Waals surface area (Å²) >= 11 is 4.03. The van der Waals surface area contributed by atoms with Gasteiger partial charge in [0.25, 0.3) is 5.91 Å². The summed E-state index contributed by atoms with van der Waals surface area (Å²) in [6, 6.07) is 12.6. The molecule has 2 heterocycles. The van der Waals surface area contributed by atoms with Crippen molar-refractivity contribution in [2.24, 2.45) is 4.99 Å². The lowest BCUT2D eigenvalue weighted by atomic mass is 10.1. The minimum atomic E-state index is -0.321. The molecule has 38 heavy (non-hydrogen) atoms. The highest BCUT2D eigenvalue weighted by Crippen LogP contribution is 2.39. The smallest absolute Gasteiger partial charge is 0.283 e. The third kappa shape index (κ3) is 6.29. The fraction of sp³-hybridized carbons (Fsp3) is 0.240. The van der Waals surface area contributed by atoms with Crippen LogP contribution in [0.2, 0.25) is 0 Å². The number of nitrogens with zero attached hydrogens (tertiary/aromatic N) is 4. The van der Waals surface area contributed by atoms with Gasteiger partial charge in [0.2, 0.25) is 16.8 Å². The summed E-state index contributed by atoms with van der Waals surface area (Å²) in [5.41, 5.74) is 1.49. The first-order chi connectivity index (χ1) is 18.5. The van der Waals surface area contributed by atoms with Gasteiger partial charge < -0.3 is 14.2 Å². The quantitative estimate of drug-likeness (QED) is 0.208. The molecule has 2 amide bonds. The standard InChI is InChI=1S/C25H25N5O5S3/c1-5-36-25-29-28-23(38-25)27-20(31)14-37-24-26-17(22(32)30(24)16-9-7-6-8-10-16)11-15-12-18(33-2)21(35-4)19(13-15)34-3/h6-13H,5,14H2,1-4H3,(H,27,28,31)/b17-11-. The SMILES string of the molecule is CCSc1nnc(NC(=O)CSC2=N/C(=C\c3cc(OC)c(OC)c(OC)c3)C(=O)N2c2ccccc2)s1. The Morgan fingerprint density at radius 2 is 1.76 bits per heavy atom. The van der Waals surface area contributed by atoms with E-state index in [1.165, 1.54) is 37.6 Å². The van der Waals surface area contributed by atoms with Gasteiger partial charge in [-0.15, -0.1) is 10.2 Å². The van der Waals surface area contributed by atoms with E-state index in [1.807, 2.05) is 37.3 Å². The van der Waals surface area contributed by atoms with E-state index in [4.69, 9.17) is 14.2 Å². The molecular formula is C25H25N5O5S3. The number of benzene rings is 2. The van der Waals surface area contributed by atoms with E-state index in [0.717, 1.165) is 21.9 Å². The zero-order valence-corrected chi connectivity index (χ0v) is 23.5. The van der Waals surface area contributed by atoms with Crippen LogP contribution in [0.15, 0.2) is 57.5 Å². The summed E-state index contributed by atoms with van der Waals surface area (Å²) in [7, 11) is 4.57. The maximum Gasteiger partial charge on any atom is 0.283 e. The predicted molar refractivity (Wildman–Crippen MR) is 153 cm³/mol. The van der Waals surface area contributed by atoms with Crippen LogP contribution in [-0.2, 0) is 9.59 Å². The Kier molecular flexibility index (Phi) is 9.26. The fourth-order valence-corrected chi connectivity index (χ4v) is 5.95. The van der Waals surface area contributed by atoms with E-state index in [9.17, 15) is 9.59 Å². The summed E-state index contributed by atoms with van der Waals surface area (Å²) in [5, 5.41) is 11.6. The Bertz CT molecular complexity index is 1350. The number of aliphatic imine (C=N–C) groups is 1. The number of aromatic nitrogens is 2. The number of carbonyl (C=O) groups excluding carboxylic acids is 2. The van der Waals surface area contributed by atoms with Crippen molar-refractivity contribution in [1.29, 1.82) is 0 Å². The summed E-state index contributed by atoms with van der Waals surface area (Å²) in [5.74, 6) is 1.66. The molecule has 0 saturated carbocycles. The van der Waals surface area contributed by atoms with E-state index >= 15 is 0 Å². The Balaban J connectivity index is 1.59.